The Balaban J connectivity index is 0. The maximum Gasteiger partial charge on any atom is 0.330 e. The smallest absolute Gasteiger partial charge is 0.330 e. The van der Waals surface area contributed by atoms with E-state index in [0.29, 0.717) is 17.1 Å². The molecule has 0 aromatic heterocycles. The molecule has 0 amide bonds. The second-order valence-corrected chi connectivity index (χ2v) is 6.74. The average molecular weight is 403 g/mol. The highest BCUT2D eigenvalue weighted by molar-refractivity contribution is 5.86. The number of hydrogen-bond donors (Lipinski definition) is 2. The maximum absolute atomic E-state index is 10.5. The molecule has 0 spiro atoms. The molecule has 0 saturated heterocycles. The molecule has 0 heterocycles. The summed E-state index contributed by atoms with van der Waals surface area (Å²) in [6.45, 7) is 12.9. The van der Waals surface area contributed by atoms with E-state index in [1.54, 1.807) is 26.8 Å². The van der Waals surface area contributed by atoms with Crippen molar-refractivity contribution >= 4 is 18.0 Å². The van der Waals surface area contributed by atoms with Crippen LogP contribution in [-0.4, -0.2) is 22.2 Å². The van der Waals surface area contributed by atoms with Crippen molar-refractivity contribution < 1.29 is 19.8 Å². The molecule has 1 rings (SSSR count). The van der Waals surface area contributed by atoms with Crippen LogP contribution in [0.4, 0.5) is 0 Å². The first-order chi connectivity index (χ1) is 13.7. The van der Waals surface area contributed by atoms with Gasteiger partial charge in [-0.25, -0.2) is 9.59 Å². The normalized spacial score (nSPS) is 11.9. The third-order valence-electron chi connectivity index (χ3n) is 4.44. The lowest BCUT2D eigenvalue weighted by Gasteiger charge is -2.11. The molecule has 162 valence electrons. The van der Waals surface area contributed by atoms with Gasteiger partial charge >= 0.3 is 11.9 Å². The quantitative estimate of drug-likeness (QED) is 0.436. The lowest BCUT2D eigenvalue weighted by molar-refractivity contribution is -0.133. The highest BCUT2D eigenvalue weighted by Crippen LogP contribution is 2.17. The van der Waals surface area contributed by atoms with Crippen LogP contribution in [0.1, 0.15) is 72.3 Å². The minimum Gasteiger partial charge on any atom is -0.478 e. The minimum absolute atomic E-state index is 0.389. The SMILES string of the molecule is C=Cc1ccccc1.CC=C(C)C(=O)O.CCCCC(CC)CC=C(C)C(=O)O. The van der Waals surface area contributed by atoms with Crippen LogP contribution in [0.15, 0.2) is 60.2 Å². The van der Waals surface area contributed by atoms with Crippen LogP contribution in [0, 0.1) is 5.92 Å². The lowest BCUT2D eigenvalue weighted by Crippen LogP contribution is -2.00. The Labute approximate surface area is 176 Å². The molecule has 2 N–H and O–H groups in total. The van der Waals surface area contributed by atoms with Gasteiger partial charge in [0.1, 0.15) is 0 Å². The summed E-state index contributed by atoms with van der Waals surface area (Å²) in [6, 6.07) is 10.0. The molecule has 1 unspecified atom stereocenters. The van der Waals surface area contributed by atoms with E-state index in [0.717, 1.165) is 12.8 Å². The monoisotopic (exact) mass is 402 g/mol. The third-order valence-corrected chi connectivity index (χ3v) is 4.44. The third kappa shape index (κ3) is 17.2. The molecule has 0 saturated carbocycles. The van der Waals surface area contributed by atoms with Crippen LogP contribution >= 0.6 is 0 Å². The van der Waals surface area contributed by atoms with Crippen molar-refractivity contribution in [1.82, 2.24) is 0 Å². The van der Waals surface area contributed by atoms with Gasteiger partial charge in [-0.15, -0.1) is 0 Å². The molecule has 0 fully saturated rings. The van der Waals surface area contributed by atoms with Gasteiger partial charge in [-0.05, 0) is 38.7 Å². The standard InChI is InChI=1S/C12H22O2.C8H8.C5H8O2/c1-4-6-7-11(5-2)9-8-10(3)12(13)14;1-2-8-6-4-3-5-7-8;1-3-4(2)5(6)7/h8,11H,4-7,9H2,1-3H3,(H,13,14);2-7H,1H2;3H,1-2H3,(H,6,7). The Morgan fingerprint density at radius 1 is 1.03 bits per heavy atom. The molecule has 0 radical (unpaired) electrons. The van der Waals surface area contributed by atoms with Gasteiger partial charge < -0.3 is 10.2 Å². The van der Waals surface area contributed by atoms with Crippen molar-refractivity contribution in [3.63, 3.8) is 0 Å². The molecule has 4 heteroatoms. The first-order valence-corrected chi connectivity index (χ1v) is 10.2. The summed E-state index contributed by atoms with van der Waals surface area (Å²) in [6.07, 6.45) is 11.0. The zero-order chi connectivity index (χ0) is 22.7. The van der Waals surface area contributed by atoms with E-state index in [9.17, 15) is 9.59 Å². The summed E-state index contributed by atoms with van der Waals surface area (Å²) in [5, 5.41) is 16.8. The van der Waals surface area contributed by atoms with E-state index in [1.807, 2.05) is 42.5 Å². The Kier molecular flexibility index (Phi) is 18.5. The average Bonchev–Trinajstić information content (AvgIpc) is 2.74. The van der Waals surface area contributed by atoms with Gasteiger partial charge in [-0.1, -0.05) is 94.7 Å². The Morgan fingerprint density at radius 2 is 1.59 bits per heavy atom. The van der Waals surface area contributed by atoms with E-state index in [1.165, 1.54) is 24.8 Å². The van der Waals surface area contributed by atoms with Gasteiger partial charge in [0.2, 0.25) is 0 Å². The minimum atomic E-state index is -0.845. The van der Waals surface area contributed by atoms with Gasteiger partial charge in [0, 0.05) is 11.1 Å². The zero-order valence-electron chi connectivity index (χ0n) is 18.6. The van der Waals surface area contributed by atoms with Gasteiger partial charge in [0.05, 0.1) is 0 Å². The van der Waals surface area contributed by atoms with Crippen molar-refractivity contribution in [2.24, 2.45) is 5.92 Å². The predicted octanol–water partition coefficient (Wildman–Crippen LogP) is 6.99. The van der Waals surface area contributed by atoms with Crippen LogP contribution < -0.4 is 0 Å². The number of carboxylic acid groups (broad SMARTS) is 2. The Bertz CT molecular complexity index is 642. The van der Waals surface area contributed by atoms with Gasteiger partial charge in [0.15, 0.2) is 0 Å². The van der Waals surface area contributed by atoms with Crippen LogP contribution in [0.3, 0.4) is 0 Å². The molecule has 0 bridgehead atoms. The topological polar surface area (TPSA) is 74.6 Å². The first-order valence-electron chi connectivity index (χ1n) is 10.2. The van der Waals surface area contributed by atoms with Gasteiger partial charge in [-0.3, -0.25) is 0 Å². The van der Waals surface area contributed by atoms with Crippen LogP contribution in [-0.2, 0) is 9.59 Å². The van der Waals surface area contributed by atoms with Crippen LogP contribution in [0.25, 0.3) is 6.08 Å². The van der Waals surface area contributed by atoms with E-state index in [-0.39, 0.29) is 0 Å². The fourth-order valence-corrected chi connectivity index (χ4v) is 2.12. The molecule has 1 aromatic rings. The summed E-state index contributed by atoms with van der Waals surface area (Å²) >= 11 is 0. The zero-order valence-corrected chi connectivity index (χ0v) is 18.6. The summed E-state index contributed by atoms with van der Waals surface area (Å²) in [5.74, 6) is -0.984. The molecule has 1 aromatic carbocycles. The lowest BCUT2D eigenvalue weighted by atomic mass is 9.95. The summed E-state index contributed by atoms with van der Waals surface area (Å²) in [5.41, 5.74) is 2.03. The summed E-state index contributed by atoms with van der Waals surface area (Å²) in [4.78, 5) is 20.4. The van der Waals surface area contributed by atoms with Crippen LogP contribution in [0.2, 0.25) is 0 Å². The number of hydrogen-bond acceptors (Lipinski definition) is 2. The molecular formula is C25H38O4. The fraction of sp³-hybridized carbons (Fsp3) is 0.440. The molecule has 0 aliphatic heterocycles. The number of rotatable bonds is 9. The highest BCUT2D eigenvalue weighted by atomic mass is 16.4. The first kappa shape index (κ1) is 28.6. The van der Waals surface area contributed by atoms with E-state index >= 15 is 0 Å². The highest BCUT2D eigenvalue weighted by Gasteiger charge is 2.05. The summed E-state index contributed by atoms with van der Waals surface area (Å²) < 4.78 is 0. The molecular weight excluding hydrogens is 364 g/mol. The largest absolute Gasteiger partial charge is 0.478 e. The number of allylic oxidation sites excluding steroid dienone is 2. The molecule has 0 aliphatic carbocycles. The van der Waals surface area contributed by atoms with Gasteiger partial charge in [0.25, 0.3) is 0 Å². The Hall–Kier alpha value is -2.62. The fourth-order valence-electron chi connectivity index (χ4n) is 2.12. The molecule has 4 nitrogen and oxygen atoms in total. The van der Waals surface area contributed by atoms with E-state index in [2.05, 4.69) is 20.4 Å². The maximum atomic E-state index is 10.5. The summed E-state index contributed by atoms with van der Waals surface area (Å²) in [7, 11) is 0. The molecule has 1 atom stereocenters. The van der Waals surface area contributed by atoms with Gasteiger partial charge in [-0.2, -0.15) is 0 Å². The van der Waals surface area contributed by atoms with Crippen molar-refractivity contribution in [3.05, 3.63) is 65.8 Å². The van der Waals surface area contributed by atoms with E-state index in [4.69, 9.17) is 10.2 Å². The van der Waals surface area contributed by atoms with E-state index < -0.39 is 11.9 Å². The van der Waals surface area contributed by atoms with Crippen molar-refractivity contribution in [2.45, 2.75) is 66.7 Å². The second-order valence-electron chi connectivity index (χ2n) is 6.74. The number of carbonyl (C=O) groups is 2. The second kappa shape index (κ2) is 18.7. The Morgan fingerprint density at radius 3 is 1.90 bits per heavy atom. The van der Waals surface area contributed by atoms with Crippen LogP contribution in [0.5, 0.6) is 0 Å². The van der Waals surface area contributed by atoms with Crippen molar-refractivity contribution in [1.29, 1.82) is 0 Å². The number of benzene rings is 1. The molecule has 29 heavy (non-hydrogen) atoms. The predicted molar refractivity (Wildman–Crippen MR) is 123 cm³/mol. The number of carboxylic acids is 2. The number of aliphatic carboxylic acids is 2. The van der Waals surface area contributed by atoms with Crippen molar-refractivity contribution in [2.75, 3.05) is 0 Å². The number of unbranched alkanes of at least 4 members (excludes halogenated alkanes) is 1. The van der Waals surface area contributed by atoms with Crippen molar-refractivity contribution in [3.8, 4) is 0 Å². The molecule has 0 aliphatic rings.